The van der Waals surface area contributed by atoms with Crippen LogP contribution in [0.25, 0.3) is 11.1 Å². The number of aromatic nitrogens is 2. The molecule has 2 aromatic heterocycles. The average Bonchev–Trinajstić information content (AvgIpc) is 2.37. The summed E-state index contributed by atoms with van der Waals surface area (Å²) in [5.74, 6) is 0. The first kappa shape index (κ1) is 50.7. The number of pyridine rings is 2. The zero-order valence-electron chi connectivity index (χ0n) is 14.5. The summed E-state index contributed by atoms with van der Waals surface area (Å²) in [6.07, 6.45) is 7.69. The maximum Gasteiger partial charge on any atom is 2.00 e. The van der Waals surface area contributed by atoms with Crippen LogP contribution in [0.5, 0.6) is 0 Å². The van der Waals surface area contributed by atoms with Crippen molar-refractivity contribution in [2.45, 2.75) is 0 Å². The summed E-state index contributed by atoms with van der Waals surface area (Å²) in [5, 5.41) is 0. The second kappa shape index (κ2) is 24.3. The fraction of sp³-hybridized carbons (Fsp3) is 0. The number of rotatable bonds is 1. The van der Waals surface area contributed by atoms with Gasteiger partial charge in [-0.25, -0.2) is 9.97 Å². The third-order valence-electron chi connectivity index (χ3n) is 1.77. The minimum Gasteiger partial charge on any atom is -0.759 e. The van der Waals surface area contributed by atoms with Crippen molar-refractivity contribution in [2.24, 2.45) is 0 Å². The molecule has 0 unspecified atom stereocenters. The second-order valence-corrected chi connectivity index (χ2v) is 5.03. The quantitative estimate of drug-likeness (QED) is 0.196. The number of aromatic amines is 2. The molecule has 0 fully saturated rings. The predicted molar refractivity (Wildman–Crippen MR) is 95.2 cm³/mol. The van der Waals surface area contributed by atoms with Gasteiger partial charge in [0.15, 0.2) is 24.8 Å². The molecule has 0 saturated carbocycles. The summed E-state index contributed by atoms with van der Waals surface area (Å²) in [4.78, 5) is 5.99. The van der Waals surface area contributed by atoms with E-state index in [9.17, 15) is 0 Å². The van der Waals surface area contributed by atoms with Gasteiger partial charge >= 0.3 is 16.8 Å². The van der Waals surface area contributed by atoms with Gasteiger partial charge in [0.05, 0.1) is 0 Å². The number of hydrogen-bond acceptors (Lipinski definition) is 8. The third kappa shape index (κ3) is 46.4. The fourth-order valence-electron chi connectivity index (χ4n) is 1.16. The van der Waals surface area contributed by atoms with Crippen molar-refractivity contribution in [1.82, 2.24) is 0 Å². The molecule has 2 rings (SSSR count). The second-order valence-electron chi connectivity index (χ2n) is 3.39. The van der Waals surface area contributed by atoms with Gasteiger partial charge in [0.25, 0.3) is 0 Å². The summed E-state index contributed by atoms with van der Waals surface area (Å²) < 4.78 is 68.2. The van der Waals surface area contributed by atoms with Gasteiger partial charge in [-0.15, -0.1) is 0 Å². The van der Waals surface area contributed by atoms with Crippen LogP contribution in [-0.4, -0.2) is 35.0 Å². The van der Waals surface area contributed by atoms with Gasteiger partial charge in [-0.05, 0) is 11.1 Å². The first-order chi connectivity index (χ1) is 9.97. The van der Waals surface area contributed by atoms with E-state index in [1.165, 1.54) is 11.1 Å². The standard InChI is InChI=1S/C10H8N2.Co.2H2O4S.6H2O/c1-5-11-6-2-9(1)10-3-7-12-8-4-10;;2*1-5(2,3)4;;;;;;/h1-8H;;2*(H2,1,2,3,4);6*1H2/q;+2;;;;;;;;/p+4. The minimum atomic E-state index is -5.17. The van der Waals surface area contributed by atoms with Crippen LogP contribution in [0.15, 0.2) is 49.1 Å². The third-order valence-corrected chi connectivity index (χ3v) is 1.77. The van der Waals surface area contributed by atoms with Gasteiger partial charge in [0.1, 0.15) is 0 Å². The molecule has 0 aromatic carbocycles. The van der Waals surface area contributed by atoms with Gasteiger partial charge in [-0.2, -0.15) is 0 Å². The van der Waals surface area contributed by atoms with Crippen LogP contribution in [-0.2, 0) is 70.4 Å². The van der Waals surface area contributed by atoms with E-state index >= 15 is 0 Å². The first-order valence-corrected chi connectivity index (χ1v) is 7.89. The Bertz CT molecular complexity index is 678. The smallest absolute Gasteiger partial charge is 0.759 e. The van der Waals surface area contributed by atoms with Crippen molar-refractivity contribution in [3.05, 3.63) is 49.1 Å². The van der Waals surface area contributed by atoms with Crippen molar-refractivity contribution in [1.29, 1.82) is 0 Å². The molecule has 1 radical (unpaired) electrons. The van der Waals surface area contributed by atoms with E-state index < -0.39 is 20.8 Å². The van der Waals surface area contributed by atoms with Gasteiger partial charge in [0.2, 0.25) is 0 Å². The summed E-state index contributed by atoms with van der Waals surface area (Å²) in [7, 11) is -10.3. The van der Waals surface area contributed by atoms with E-state index in [1.807, 2.05) is 24.8 Å². The Balaban J connectivity index is -0.0000000384. The maximum absolute atomic E-state index is 8.52. The molecule has 2 aromatic rings. The molecule has 2 heterocycles. The van der Waals surface area contributed by atoms with E-state index in [0.717, 1.165) is 0 Å². The molecule has 29 heavy (non-hydrogen) atoms. The topological polar surface area (TPSA) is 387 Å². The Hall–Kier alpha value is -1.69. The largest absolute Gasteiger partial charge is 2.00 e. The molecule has 0 atom stereocenters. The Kier molecular flexibility index (Phi) is 42.6. The minimum absolute atomic E-state index is 0. The van der Waals surface area contributed by atoms with Crippen LogP contribution < -0.4 is 9.97 Å². The molecule has 0 aliphatic carbocycles. The van der Waals surface area contributed by atoms with Crippen LogP contribution >= 0.6 is 0 Å². The summed E-state index contributed by atoms with van der Waals surface area (Å²) in [5.41, 5.74) is 2.45. The molecule has 0 aliphatic rings. The van der Waals surface area contributed by atoms with Crippen molar-refractivity contribution in [3.63, 3.8) is 0 Å². The van der Waals surface area contributed by atoms with Gasteiger partial charge in [-0.3, -0.25) is 16.8 Å². The molecule has 20 N–H and O–H groups in total. The summed E-state index contributed by atoms with van der Waals surface area (Å²) in [6.45, 7) is 0. The number of H-pyrrole nitrogens is 2. The zero-order valence-corrected chi connectivity index (χ0v) is 17.2. The molecule has 177 valence electrons. The Morgan fingerprint density at radius 1 is 0.517 bits per heavy atom. The first-order valence-electron chi connectivity index (χ1n) is 5.23. The van der Waals surface area contributed by atoms with E-state index in [1.54, 1.807) is 0 Å². The molecular weight excluding hydrogens is 495 g/mol. The monoisotopic (exact) mass is 523 g/mol. The van der Waals surface area contributed by atoms with E-state index in [2.05, 4.69) is 34.2 Å². The predicted octanol–water partition coefficient (Wildman–Crippen LogP) is -7.23. The zero-order chi connectivity index (χ0) is 17.2. The van der Waals surface area contributed by atoms with Crippen LogP contribution in [0.4, 0.5) is 0 Å². The van der Waals surface area contributed by atoms with E-state index in [-0.39, 0.29) is 49.6 Å². The maximum atomic E-state index is 8.52. The van der Waals surface area contributed by atoms with Gasteiger partial charge in [-0.1, -0.05) is 0 Å². The molecule has 0 amide bonds. The van der Waals surface area contributed by atoms with Crippen LogP contribution in [0.2, 0.25) is 0 Å². The Morgan fingerprint density at radius 3 is 0.793 bits per heavy atom. The molecule has 0 aliphatic heterocycles. The summed E-state index contributed by atoms with van der Waals surface area (Å²) >= 11 is 0. The molecule has 16 nitrogen and oxygen atoms in total. The van der Waals surface area contributed by atoms with Crippen molar-refractivity contribution in [2.75, 3.05) is 0 Å². The molecule has 0 saturated heterocycles. The van der Waals surface area contributed by atoms with Crippen LogP contribution in [0.3, 0.4) is 0 Å². The van der Waals surface area contributed by atoms with Crippen LogP contribution in [0.1, 0.15) is 0 Å². The van der Waals surface area contributed by atoms with Crippen LogP contribution in [0, 0.1) is 0 Å². The normalized spacial score (nSPS) is 8.00. The Morgan fingerprint density at radius 2 is 0.655 bits per heavy atom. The van der Waals surface area contributed by atoms with Gasteiger partial charge in [0, 0.05) is 45.1 Å². The number of nitrogens with one attached hydrogen (secondary N) is 2. The fourth-order valence-corrected chi connectivity index (χ4v) is 1.16. The van der Waals surface area contributed by atoms with Gasteiger partial charge < -0.3 is 51.1 Å². The van der Waals surface area contributed by atoms with Crippen molar-refractivity contribution in [3.8, 4) is 11.1 Å². The Labute approximate surface area is 175 Å². The van der Waals surface area contributed by atoms with Crippen molar-refractivity contribution < 1.29 is 94.7 Å². The average molecular weight is 523 g/mol. The van der Waals surface area contributed by atoms with E-state index in [0.29, 0.717) is 0 Å². The molecule has 19 heteroatoms. The van der Waals surface area contributed by atoms with E-state index in [4.69, 9.17) is 35.0 Å². The number of hydrogen-bond donors (Lipinski definition) is 0. The van der Waals surface area contributed by atoms with Crippen molar-refractivity contribution >= 4 is 20.8 Å². The molecular formula is C10H28CoN2O14S2+6. The molecule has 0 bridgehead atoms. The SMILES string of the molecule is O=S(=O)([O-])[O-].O=S(=O)([O-])[O-].[Co+2].[OH3+].[OH3+].[OH3+].[OH3+].[OH3+].[OH3+].c1cc(-c2cc[nH+]cc2)cc[nH+]1. The summed E-state index contributed by atoms with van der Waals surface area (Å²) in [6, 6.07) is 8.20. The molecule has 0 spiro atoms.